The number of ether oxygens (including phenoxy) is 1. The van der Waals surface area contributed by atoms with Crippen molar-refractivity contribution >= 4 is 29.1 Å². The van der Waals surface area contributed by atoms with Crippen molar-refractivity contribution in [3.63, 3.8) is 0 Å². The van der Waals surface area contributed by atoms with Crippen molar-refractivity contribution in [1.29, 1.82) is 0 Å². The monoisotopic (exact) mass is 355 g/mol. The van der Waals surface area contributed by atoms with Crippen molar-refractivity contribution in [2.24, 2.45) is 0 Å². The van der Waals surface area contributed by atoms with E-state index in [1.165, 1.54) is 0 Å². The highest BCUT2D eigenvalue weighted by Gasteiger charge is 2.08. The largest absolute Gasteiger partial charge is 0.495 e. The predicted molar refractivity (Wildman–Crippen MR) is 99.6 cm³/mol. The second-order valence-corrected chi connectivity index (χ2v) is 5.82. The molecule has 0 fully saturated rings. The summed E-state index contributed by atoms with van der Waals surface area (Å²) in [6.07, 6.45) is 1.59. The highest BCUT2D eigenvalue weighted by molar-refractivity contribution is 6.32. The van der Waals surface area contributed by atoms with Gasteiger partial charge in [0, 0.05) is 11.7 Å². The predicted octanol–water partition coefficient (Wildman–Crippen LogP) is 4.45. The summed E-state index contributed by atoms with van der Waals surface area (Å²) in [4.78, 5) is 4.44. The molecule has 0 bridgehead atoms. The number of hydrogen-bond acceptors (Lipinski definition) is 6. The minimum atomic E-state index is 0.0983. The van der Waals surface area contributed by atoms with E-state index in [1.54, 1.807) is 25.4 Å². The molecule has 25 heavy (non-hydrogen) atoms. The van der Waals surface area contributed by atoms with Crippen LogP contribution in [0.25, 0.3) is 0 Å². The van der Waals surface area contributed by atoms with Gasteiger partial charge in [0.25, 0.3) is 0 Å². The molecule has 0 radical (unpaired) electrons. The van der Waals surface area contributed by atoms with E-state index < -0.39 is 0 Å². The average Bonchev–Trinajstić information content (AvgIpc) is 2.63. The Kier molecular flexibility index (Phi) is 5.30. The summed E-state index contributed by atoms with van der Waals surface area (Å²) in [5.41, 5.74) is 1.92. The number of benzene rings is 2. The van der Waals surface area contributed by atoms with E-state index in [-0.39, 0.29) is 6.04 Å². The number of halogens is 1. The van der Waals surface area contributed by atoms with Gasteiger partial charge in [-0.05, 0) is 30.7 Å². The maximum Gasteiger partial charge on any atom is 0.249 e. The van der Waals surface area contributed by atoms with Crippen molar-refractivity contribution in [3.8, 4) is 5.75 Å². The number of methoxy groups -OCH3 is 1. The standard InChI is InChI=1S/C18H18ClN5O/c1-12(13-6-4-3-5-7-13)21-17-11-20-24-18(23-17)22-14-8-9-16(25-2)15(19)10-14/h3-12H,1-2H3,(H2,21,22,23,24). The normalized spacial score (nSPS) is 11.6. The number of nitrogens with zero attached hydrogens (tertiary/aromatic N) is 3. The molecule has 0 amide bonds. The summed E-state index contributed by atoms with van der Waals surface area (Å²) in [6, 6.07) is 15.6. The Balaban J connectivity index is 1.72. The zero-order chi connectivity index (χ0) is 17.6. The lowest BCUT2D eigenvalue weighted by Gasteiger charge is -2.15. The van der Waals surface area contributed by atoms with Crippen molar-refractivity contribution in [2.45, 2.75) is 13.0 Å². The molecule has 1 heterocycles. The lowest BCUT2D eigenvalue weighted by atomic mass is 10.1. The van der Waals surface area contributed by atoms with Gasteiger partial charge in [0.15, 0.2) is 5.82 Å². The van der Waals surface area contributed by atoms with Crippen LogP contribution in [-0.4, -0.2) is 22.3 Å². The molecular weight excluding hydrogens is 338 g/mol. The summed E-state index contributed by atoms with van der Waals surface area (Å²) >= 11 is 6.13. The number of rotatable bonds is 6. The molecule has 1 unspecified atom stereocenters. The summed E-state index contributed by atoms with van der Waals surface area (Å²) < 4.78 is 5.14. The van der Waals surface area contributed by atoms with Crippen LogP contribution in [0.2, 0.25) is 5.02 Å². The van der Waals surface area contributed by atoms with Gasteiger partial charge in [-0.3, -0.25) is 0 Å². The molecule has 2 aromatic carbocycles. The lowest BCUT2D eigenvalue weighted by molar-refractivity contribution is 0.415. The van der Waals surface area contributed by atoms with Crippen molar-refractivity contribution in [1.82, 2.24) is 15.2 Å². The minimum Gasteiger partial charge on any atom is -0.495 e. The number of nitrogens with one attached hydrogen (secondary N) is 2. The summed E-state index contributed by atoms with van der Waals surface area (Å²) in [6.45, 7) is 2.06. The Hall–Kier alpha value is -2.86. The fourth-order valence-corrected chi connectivity index (χ4v) is 2.60. The zero-order valence-electron chi connectivity index (χ0n) is 13.9. The molecular formula is C18H18ClN5O. The van der Waals surface area contributed by atoms with E-state index in [0.717, 1.165) is 11.3 Å². The smallest absolute Gasteiger partial charge is 0.249 e. The zero-order valence-corrected chi connectivity index (χ0v) is 14.7. The SMILES string of the molecule is COc1ccc(Nc2nncc(NC(C)c3ccccc3)n2)cc1Cl. The topological polar surface area (TPSA) is 72.0 Å². The first-order chi connectivity index (χ1) is 12.2. The van der Waals surface area contributed by atoms with Gasteiger partial charge in [-0.2, -0.15) is 10.1 Å². The first-order valence-electron chi connectivity index (χ1n) is 7.77. The molecule has 0 saturated heterocycles. The molecule has 0 aliphatic heterocycles. The van der Waals surface area contributed by atoms with Crippen LogP contribution in [0.1, 0.15) is 18.5 Å². The Morgan fingerprint density at radius 3 is 2.64 bits per heavy atom. The molecule has 7 heteroatoms. The van der Waals surface area contributed by atoms with Crippen LogP contribution in [0.4, 0.5) is 17.5 Å². The number of hydrogen-bond donors (Lipinski definition) is 2. The Labute approximate surface area is 151 Å². The quantitative estimate of drug-likeness (QED) is 0.680. The molecule has 3 rings (SSSR count). The highest BCUT2D eigenvalue weighted by atomic mass is 35.5. The molecule has 128 valence electrons. The molecule has 0 aliphatic rings. The van der Waals surface area contributed by atoms with Gasteiger partial charge >= 0.3 is 0 Å². The van der Waals surface area contributed by atoms with E-state index in [4.69, 9.17) is 16.3 Å². The van der Waals surface area contributed by atoms with Crippen molar-refractivity contribution in [3.05, 3.63) is 65.3 Å². The molecule has 3 aromatic rings. The molecule has 6 nitrogen and oxygen atoms in total. The number of anilines is 3. The summed E-state index contributed by atoms with van der Waals surface area (Å²) in [7, 11) is 1.57. The second kappa shape index (κ2) is 7.81. The summed E-state index contributed by atoms with van der Waals surface area (Å²) in [5.74, 6) is 1.62. The third kappa shape index (κ3) is 4.36. The van der Waals surface area contributed by atoms with Crippen LogP contribution >= 0.6 is 11.6 Å². The first kappa shape index (κ1) is 17.0. The molecule has 0 saturated carbocycles. The maximum atomic E-state index is 6.13. The van der Waals surface area contributed by atoms with Gasteiger partial charge in [-0.25, -0.2) is 0 Å². The Morgan fingerprint density at radius 1 is 1.12 bits per heavy atom. The van der Waals surface area contributed by atoms with E-state index in [0.29, 0.717) is 22.5 Å². The lowest BCUT2D eigenvalue weighted by Crippen LogP contribution is -2.09. The van der Waals surface area contributed by atoms with Crippen LogP contribution in [0.15, 0.2) is 54.7 Å². The van der Waals surface area contributed by atoms with Gasteiger partial charge in [0.2, 0.25) is 5.95 Å². The fraction of sp³-hybridized carbons (Fsp3) is 0.167. The van der Waals surface area contributed by atoms with E-state index in [1.807, 2.05) is 24.3 Å². The Bertz CT molecular complexity index is 844. The van der Waals surface area contributed by atoms with Crippen molar-refractivity contribution in [2.75, 3.05) is 17.7 Å². The molecule has 0 aliphatic carbocycles. The number of aromatic nitrogens is 3. The molecule has 0 spiro atoms. The summed E-state index contributed by atoms with van der Waals surface area (Å²) in [5, 5.41) is 14.9. The van der Waals surface area contributed by atoms with Crippen LogP contribution < -0.4 is 15.4 Å². The molecule has 2 N–H and O–H groups in total. The van der Waals surface area contributed by atoms with Crippen molar-refractivity contribution < 1.29 is 4.74 Å². The van der Waals surface area contributed by atoms with Crippen LogP contribution in [0.5, 0.6) is 5.75 Å². The van der Waals surface area contributed by atoms with Gasteiger partial charge in [-0.1, -0.05) is 41.9 Å². The molecule has 1 aromatic heterocycles. The van der Waals surface area contributed by atoms with Gasteiger partial charge in [0.1, 0.15) is 5.75 Å². The van der Waals surface area contributed by atoms with E-state index >= 15 is 0 Å². The van der Waals surface area contributed by atoms with Crippen LogP contribution in [0.3, 0.4) is 0 Å². The Morgan fingerprint density at radius 2 is 1.92 bits per heavy atom. The fourth-order valence-electron chi connectivity index (χ4n) is 2.35. The highest BCUT2D eigenvalue weighted by Crippen LogP contribution is 2.28. The van der Waals surface area contributed by atoms with Gasteiger partial charge in [-0.15, -0.1) is 5.10 Å². The van der Waals surface area contributed by atoms with E-state index in [9.17, 15) is 0 Å². The minimum absolute atomic E-state index is 0.0983. The maximum absolute atomic E-state index is 6.13. The van der Waals surface area contributed by atoms with Gasteiger partial charge in [0.05, 0.1) is 18.3 Å². The van der Waals surface area contributed by atoms with Gasteiger partial charge < -0.3 is 15.4 Å². The average molecular weight is 356 g/mol. The van der Waals surface area contributed by atoms with Crippen LogP contribution in [0, 0.1) is 0 Å². The second-order valence-electron chi connectivity index (χ2n) is 5.42. The van der Waals surface area contributed by atoms with E-state index in [2.05, 4.69) is 44.9 Å². The third-order valence-electron chi connectivity index (χ3n) is 3.63. The first-order valence-corrected chi connectivity index (χ1v) is 8.15. The molecule has 1 atom stereocenters. The van der Waals surface area contributed by atoms with Crippen LogP contribution in [-0.2, 0) is 0 Å². The third-order valence-corrected chi connectivity index (χ3v) is 3.93.